The van der Waals surface area contributed by atoms with Gasteiger partial charge in [0.05, 0.1) is 17.7 Å². The molecule has 0 bridgehead atoms. The third-order valence-electron chi connectivity index (χ3n) is 5.64. The number of likely N-dealkylation sites (tertiary alicyclic amines) is 1. The lowest BCUT2D eigenvalue weighted by atomic mass is 10.1. The van der Waals surface area contributed by atoms with Crippen LogP contribution in [0.1, 0.15) is 26.7 Å². The first kappa shape index (κ1) is 25.4. The molecule has 0 radical (unpaired) electrons. The molecule has 2 aliphatic rings. The van der Waals surface area contributed by atoms with E-state index < -0.39 is 0 Å². The molecule has 31 heavy (non-hydrogen) atoms. The maximum Gasteiger partial charge on any atom is 0.234 e. The Kier molecular flexibility index (Phi) is 9.53. The first-order valence-electron chi connectivity index (χ1n) is 10.8. The minimum Gasteiger partial charge on any atom is -0.489 e. The van der Waals surface area contributed by atoms with Crippen LogP contribution in [0.3, 0.4) is 0 Å². The van der Waals surface area contributed by atoms with E-state index in [1.807, 2.05) is 13.8 Å². The molecule has 2 fully saturated rings. The molecule has 0 aromatic heterocycles. The molecule has 7 nitrogen and oxygen atoms in total. The largest absolute Gasteiger partial charge is 0.489 e. The van der Waals surface area contributed by atoms with Gasteiger partial charge in [0.15, 0.2) is 0 Å². The van der Waals surface area contributed by atoms with Crippen LogP contribution in [0.4, 0.5) is 10.1 Å². The number of hydrogen-bond acceptors (Lipinski definition) is 6. The van der Waals surface area contributed by atoms with Gasteiger partial charge in [0.2, 0.25) is 11.8 Å². The predicted molar refractivity (Wildman–Crippen MR) is 121 cm³/mol. The highest BCUT2D eigenvalue weighted by Gasteiger charge is 2.37. The number of imide groups is 1. The maximum absolute atomic E-state index is 13.8. The topological polar surface area (TPSA) is 65.1 Å². The highest BCUT2D eigenvalue weighted by molar-refractivity contribution is 6.03. The summed E-state index contributed by atoms with van der Waals surface area (Å²) in [6.45, 7) is 9.04. The van der Waals surface area contributed by atoms with Crippen molar-refractivity contribution in [3.8, 4) is 5.75 Å². The van der Waals surface area contributed by atoms with Crippen molar-refractivity contribution in [1.82, 2.24) is 15.1 Å². The third-order valence-corrected chi connectivity index (χ3v) is 5.64. The van der Waals surface area contributed by atoms with E-state index in [1.165, 1.54) is 11.0 Å². The van der Waals surface area contributed by atoms with Crippen LogP contribution < -0.4 is 15.0 Å². The second-order valence-electron chi connectivity index (χ2n) is 8.30. The first-order chi connectivity index (χ1) is 14.4. The number of nitrogens with zero attached hydrogens (tertiary/aromatic N) is 3. The fraction of sp³-hybridized carbons (Fsp3) is 0.636. The monoisotopic (exact) mass is 456 g/mol. The zero-order valence-corrected chi connectivity index (χ0v) is 19.4. The molecule has 1 aromatic rings. The van der Waals surface area contributed by atoms with Gasteiger partial charge in [-0.15, -0.1) is 12.4 Å². The molecule has 2 heterocycles. The molecule has 9 heteroatoms. The number of rotatable bonds is 9. The quantitative estimate of drug-likeness (QED) is 0.574. The van der Waals surface area contributed by atoms with Crippen LogP contribution in [-0.2, 0) is 9.59 Å². The Labute approximate surface area is 190 Å². The van der Waals surface area contributed by atoms with Gasteiger partial charge in [-0.2, -0.15) is 0 Å². The Morgan fingerprint density at radius 1 is 1.16 bits per heavy atom. The molecular formula is C22H34ClFN4O3. The van der Waals surface area contributed by atoms with Crippen molar-refractivity contribution >= 4 is 29.9 Å². The van der Waals surface area contributed by atoms with E-state index >= 15 is 0 Å². The number of anilines is 1. The Morgan fingerprint density at radius 3 is 2.52 bits per heavy atom. The van der Waals surface area contributed by atoms with Crippen LogP contribution in [0.2, 0.25) is 0 Å². The Balaban J connectivity index is 0.00000341. The summed E-state index contributed by atoms with van der Waals surface area (Å²) in [5.41, 5.74) is 0.798. The molecule has 174 valence electrons. The second kappa shape index (κ2) is 11.6. The molecule has 1 atom stereocenters. The van der Waals surface area contributed by atoms with Gasteiger partial charge < -0.3 is 15.0 Å². The maximum atomic E-state index is 13.8. The van der Waals surface area contributed by atoms with Crippen molar-refractivity contribution in [2.45, 2.75) is 32.8 Å². The molecule has 0 spiro atoms. The van der Waals surface area contributed by atoms with Crippen molar-refractivity contribution < 1.29 is 18.7 Å². The van der Waals surface area contributed by atoms with Gasteiger partial charge in [-0.1, -0.05) is 0 Å². The van der Waals surface area contributed by atoms with E-state index in [1.54, 1.807) is 19.2 Å². The number of amides is 2. The van der Waals surface area contributed by atoms with E-state index in [0.29, 0.717) is 25.3 Å². The van der Waals surface area contributed by atoms with Crippen molar-refractivity contribution in [1.29, 1.82) is 0 Å². The lowest BCUT2D eigenvalue weighted by molar-refractivity contribution is -0.139. The molecule has 2 aliphatic heterocycles. The number of halogens is 2. The minimum absolute atomic E-state index is 0. The van der Waals surface area contributed by atoms with Crippen LogP contribution in [0, 0.1) is 11.7 Å². The van der Waals surface area contributed by atoms with Crippen molar-refractivity contribution in [2.75, 3.05) is 57.8 Å². The zero-order valence-electron chi connectivity index (χ0n) is 18.6. The molecule has 2 amide bonds. The van der Waals surface area contributed by atoms with Gasteiger partial charge in [-0.05, 0) is 46.0 Å². The lowest BCUT2D eigenvalue weighted by Crippen LogP contribution is -2.47. The summed E-state index contributed by atoms with van der Waals surface area (Å²) >= 11 is 0. The van der Waals surface area contributed by atoms with Crippen LogP contribution >= 0.6 is 12.4 Å². The standard InChI is InChI=1S/C22H33FN4O3.ClH/c1-16(2)30-20-6-5-18(23)14-19(20)26-11-9-25(10-12-26)7-4-8-27-21(28)13-17(15-24-3)22(27)29;/h5-6,14,16-17,24H,4,7-13,15H2,1-3H3;1H. The Hall–Kier alpha value is -1.90. The van der Waals surface area contributed by atoms with Gasteiger partial charge in [0, 0.05) is 51.8 Å². The zero-order chi connectivity index (χ0) is 21.7. The van der Waals surface area contributed by atoms with Gasteiger partial charge >= 0.3 is 0 Å². The van der Waals surface area contributed by atoms with Crippen LogP contribution in [0.25, 0.3) is 0 Å². The van der Waals surface area contributed by atoms with E-state index in [-0.39, 0.29) is 42.1 Å². The summed E-state index contributed by atoms with van der Waals surface area (Å²) in [6.07, 6.45) is 1.11. The fourth-order valence-corrected chi connectivity index (χ4v) is 4.15. The van der Waals surface area contributed by atoms with E-state index in [2.05, 4.69) is 15.1 Å². The van der Waals surface area contributed by atoms with Gasteiger partial charge in [-0.3, -0.25) is 19.4 Å². The van der Waals surface area contributed by atoms with E-state index in [0.717, 1.165) is 44.8 Å². The molecule has 0 aliphatic carbocycles. The third kappa shape index (κ3) is 6.54. The van der Waals surface area contributed by atoms with Crippen molar-refractivity contribution in [3.05, 3.63) is 24.0 Å². The number of carbonyl (C=O) groups is 2. The SMILES string of the molecule is CNCC1CC(=O)N(CCCN2CCN(c3cc(F)ccc3OC(C)C)CC2)C1=O.Cl. The van der Waals surface area contributed by atoms with Crippen molar-refractivity contribution in [2.24, 2.45) is 5.92 Å². The average molecular weight is 457 g/mol. The molecule has 2 saturated heterocycles. The summed E-state index contributed by atoms with van der Waals surface area (Å²) in [7, 11) is 1.79. The second-order valence-corrected chi connectivity index (χ2v) is 8.30. The number of ether oxygens (including phenoxy) is 1. The van der Waals surface area contributed by atoms with Crippen LogP contribution in [0.15, 0.2) is 18.2 Å². The Morgan fingerprint density at radius 2 is 1.87 bits per heavy atom. The minimum atomic E-state index is -0.264. The molecule has 1 aromatic carbocycles. The van der Waals surface area contributed by atoms with Gasteiger partial charge in [0.1, 0.15) is 11.6 Å². The summed E-state index contributed by atoms with van der Waals surface area (Å²) in [6, 6.07) is 4.67. The number of carbonyl (C=O) groups excluding carboxylic acids is 2. The summed E-state index contributed by atoms with van der Waals surface area (Å²) < 4.78 is 19.7. The fourth-order valence-electron chi connectivity index (χ4n) is 4.15. The van der Waals surface area contributed by atoms with E-state index in [4.69, 9.17) is 4.74 Å². The van der Waals surface area contributed by atoms with Crippen LogP contribution in [-0.4, -0.2) is 80.6 Å². The molecule has 1 N–H and O–H groups in total. The highest BCUT2D eigenvalue weighted by atomic mass is 35.5. The lowest BCUT2D eigenvalue weighted by Gasteiger charge is -2.37. The number of hydrogen-bond donors (Lipinski definition) is 1. The smallest absolute Gasteiger partial charge is 0.234 e. The predicted octanol–water partition coefficient (Wildman–Crippen LogP) is 2.14. The molecule has 1 unspecified atom stereocenters. The number of benzene rings is 1. The summed E-state index contributed by atoms with van der Waals surface area (Å²) in [5, 5.41) is 2.98. The molecule has 3 rings (SSSR count). The Bertz CT molecular complexity index is 756. The highest BCUT2D eigenvalue weighted by Crippen LogP contribution is 2.31. The van der Waals surface area contributed by atoms with Crippen molar-refractivity contribution in [3.63, 3.8) is 0 Å². The summed E-state index contributed by atoms with van der Waals surface area (Å²) in [4.78, 5) is 30.3. The van der Waals surface area contributed by atoms with E-state index in [9.17, 15) is 14.0 Å². The van der Waals surface area contributed by atoms with Crippen LogP contribution in [0.5, 0.6) is 5.75 Å². The first-order valence-corrected chi connectivity index (χ1v) is 10.8. The molecular weight excluding hydrogens is 423 g/mol. The number of piperazine rings is 1. The molecule has 0 saturated carbocycles. The number of nitrogens with one attached hydrogen (secondary N) is 1. The van der Waals surface area contributed by atoms with Gasteiger partial charge in [0.25, 0.3) is 0 Å². The normalized spacial score (nSPS) is 19.8. The average Bonchev–Trinajstić information content (AvgIpc) is 2.97. The van der Waals surface area contributed by atoms with Gasteiger partial charge in [-0.25, -0.2) is 4.39 Å². The summed E-state index contributed by atoms with van der Waals surface area (Å²) in [5.74, 6) is 0.110.